The quantitative estimate of drug-likeness (QED) is 0.523. The van der Waals surface area contributed by atoms with Crippen molar-refractivity contribution in [2.45, 2.75) is 9.79 Å². The van der Waals surface area contributed by atoms with Crippen LogP contribution in [0.1, 0.15) is 10.4 Å². The molecular formula is C20H13NO3S. The first-order chi connectivity index (χ1) is 12.2. The first-order valence-electron chi connectivity index (χ1n) is 7.65. The van der Waals surface area contributed by atoms with Gasteiger partial charge in [-0.2, -0.15) is 0 Å². The molecule has 0 atom stereocenters. The molecule has 25 heavy (non-hydrogen) atoms. The van der Waals surface area contributed by atoms with Crippen LogP contribution in [0.3, 0.4) is 0 Å². The Morgan fingerprint density at radius 2 is 1.28 bits per heavy atom. The number of hydrogen-bond acceptors (Lipinski definition) is 3. The van der Waals surface area contributed by atoms with E-state index >= 15 is 0 Å². The van der Waals surface area contributed by atoms with Crippen LogP contribution >= 0.6 is 10.5 Å². The van der Waals surface area contributed by atoms with E-state index < -0.39 is 16.5 Å². The third kappa shape index (κ3) is 2.38. The lowest BCUT2D eigenvalue weighted by molar-refractivity contribution is 0.0698. The predicted octanol–water partition coefficient (Wildman–Crippen LogP) is 4.92. The summed E-state index contributed by atoms with van der Waals surface area (Å²) in [7, 11) is -0.808. The van der Waals surface area contributed by atoms with Crippen molar-refractivity contribution in [3.63, 3.8) is 0 Å². The van der Waals surface area contributed by atoms with Gasteiger partial charge in [-0.1, -0.05) is 36.4 Å². The second-order valence-electron chi connectivity index (χ2n) is 5.48. The van der Waals surface area contributed by atoms with E-state index in [9.17, 15) is 14.7 Å². The monoisotopic (exact) mass is 347 g/mol. The molecule has 0 aliphatic carbocycles. The van der Waals surface area contributed by atoms with E-state index in [0.29, 0.717) is 5.69 Å². The Kier molecular flexibility index (Phi) is 3.73. The molecule has 0 spiro atoms. The van der Waals surface area contributed by atoms with Crippen LogP contribution in [0.5, 0.6) is 0 Å². The molecule has 5 heteroatoms. The average Bonchev–Trinajstić information content (AvgIpc) is 2.66. The zero-order chi connectivity index (χ0) is 17.4. The van der Waals surface area contributed by atoms with Gasteiger partial charge in [0.15, 0.2) is 5.23 Å². The molecule has 0 aromatic heterocycles. The minimum absolute atomic E-state index is 0.212. The molecule has 3 aromatic rings. The molecule has 0 saturated heterocycles. The van der Waals surface area contributed by atoms with E-state index in [4.69, 9.17) is 0 Å². The summed E-state index contributed by atoms with van der Waals surface area (Å²) in [6.07, 6.45) is 0. The summed E-state index contributed by atoms with van der Waals surface area (Å²) < 4.78 is 0. The first-order valence-corrected chi connectivity index (χ1v) is 8.87. The van der Waals surface area contributed by atoms with Crippen LogP contribution in [0.15, 0.2) is 82.6 Å². The normalized spacial score (nSPS) is 12.9. The Bertz CT molecular complexity index is 989. The summed E-state index contributed by atoms with van der Waals surface area (Å²) >= 11 is 0. The molecule has 4 rings (SSSR count). The fourth-order valence-electron chi connectivity index (χ4n) is 3.08. The topological polar surface area (TPSA) is 57.6 Å². The summed E-state index contributed by atoms with van der Waals surface area (Å²) in [5.41, 5.74) is 2.40. The maximum Gasteiger partial charge on any atom is 0.337 e. The number of carboxylic acids is 1. The highest BCUT2D eigenvalue weighted by molar-refractivity contribution is 8.14. The number of carbonyl (C=O) groups is 1. The number of anilines is 3. The lowest BCUT2D eigenvalue weighted by atomic mass is 10.1. The van der Waals surface area contributed by atoms with Gasteiger partial charge in [-0.3, -0.25) is 0 Å². The molecular weight excluding hydrogens is 334 g/mol. The number of para-hydroxylation sites is 3. The van der Waals surface area contributed by atoms with Gasteiger partial charge >= 0.3 is 5.97 Å². The fourth-order valence-corrected chi connectivity index (χ4v) is 4.66. The number of nitrogens with zero attached hydrogens (tertiary/aromatic N) is 1. The third-order valence-corrected chi connectivity index (χ3v) is 5.85. The van der Waals surface area contributed by atoms with Crippen molar-refractivity contribution in [2.75, 3.05) is 4.90 Å². The second-order valence-corrected chi connectivity index (χ2v) is 7.14. The summed E-state index contributed by atoms with van der Waals surface area (Å²) in [5, 5.41) is 11.8. The van der Waals surface area contributed by atoms with Crippen molar-refractivity contribution in [2.24, 2.45) is 0 Å². The number of rotatable bonds is 2. The highest BCUT2D eigenvalue weighted by Crippen LogP contribution is 2.54. The maximum atomic E-state index is 11.7. The molecule has 0 amide bonds. The van der Waals surface area contributed by atoms with Gasteiger partial charge in [-0.25, -0.2) is 9.59 Å². The van der Waals surface area contributed by atoms with E-state index in [2.05, 4.69) is 5.23 Å². The molecule has 1 aliphatic heterocycles. The summed E-state index contributed by atoms with van der Waals surface area (Å²) in [6.45, 7) is 0. The maximum absolute atomic E-state index is 11.7. The molecule has 1 aliphatic rings. The number of fused-ring (bicyclic) bond motifs is 2. The minimum Gasteiger partial charge on any atom is -0.478 e. The summed E-state index contributed by atoms with van der Waals surface area (Å²) in [6, 6.07) is 22.0. The van der Waals surface area contributed by atoms with E-state index in [1.165, 1.54) is 0 Å². The predicted molar refractivity (Wildman–Crippen MR) is 97.9 cm³/mol. The summed E-state index contributed by atoms with van der Waals surface area (Å²) in [5.74, 6) is -0.989. The van der Waals surface area contributed by atoms with Crippen LogP contribution in [0.25, 0.3) is 0 Å². The van der Waals surface area contributed by atoms with Crippen LogP contribution in [0.4, 0.5) is 17.1 Å². The summed E-state index contributed by atoms with van der Waals surface area (Å²) in [4.78, 5) is 27.0. The highest BCUT2D eigenvalue weighted by Gasteiger charge is 2.29. The molecule has 0 fully saturated rings. The molecule has 0 unspecified atom stereocenters. The highest BCUT2D eigenvalue weighted by atomic mass is 32.2. The SMILES string of the molecule is O=C=S1c2ccccc2N(c2ccccc2C(=O)O)c2ccccc21. The van der Waals surface area contributed by atoms with E-state index in [1.54, 1.807) is 18.2 Å². The van der Waals surface area contributed by atoms with Gasteiger partial charge < -0.3 is 10.0 Å². The van der Waals surface area contributed by atoms with Crippen molar-refractivity contribution in [3.05, 3.63) is 78.4 Å². The van der Waals surface area contributed by atoms with Crippen molar-refractivity contribution in [3.8, 4) is 0 Å². The standard InChI is InChI=1S/C20H13NO3S/c22-13-25-18-11-5-3-9-16(18)21(17-10-4-6-12-19(17)25)15-8-2-1-7-14(15)20(23)24/h1-12H,(H,23,24). The molecule has 0 saturated carbocycles. The Hall–Kier alpha value is -3.14. The van der Waals surface area contributed by atoms with Crippen molar-refractivity contribution in [1.82, 2.24) is 0 Å². The van der Waals surface area contributed by atoms with Crippen LogP contribution in [0.2, 0.25) is 0 Å². The average molecular weight is 347 g/mol. The zero-order valence-electron chi connectivity index (χ0n) is 13.0. The number of aromatic carboxylic acids is 1. The van der Waals surface area contributed by atoms with Crippen LogP contribution < -0.4 is 4.90 Å². The van der Waals surface area contributed by atoms with Crippen LogP contribution in [-0.4, -0.2) is 16.3 Å². The molecule has 0 bridgehead atoms. The van der Waals surface area contributed by atoms with E-state index in [1.807, 2.05) is 59.5 Å². The second kappa shape index (κ2) is 6.06. The molecule has 3 aromatic carbocycles. The number of hydrogen-bond donors (Lipinski definition) is 1. The van der Waals surface area contributed by atoms with E-state index in [0.717, 1.165) is 21.2 Å². The lowest BCUT2D eigenvalue weighted by Gasteiger charge is -2.34. The lowest BCUT2D eigenvalue weighted by Crippen LogP contribution is -2.18. The molecule has 1 N–H and O–H groups in total. The Morgan fingerprint density at radius 1 is 0.800 bits per heavy atom. The van der Waals surface area contributed by atoms with Crippen LogP contribution in [-0.2, 0) is 4.79 Å². The van der Waals surface area contributed by atoms with Gasteiger partial charge in [0, 0.05) is 9.79 Å². The number of carbonyl (C=O) groups excluding carboxylic acids is 1. The molecule has 0 radical (unpaired) electrons. The van der Waals surface area contributed by atoms with Crippen LogP contribution in [0, 0.1) is 0 Å². The number of carboxylic acid groups (broad SMARTS) is 1. The van der Waals surface area contributed by atoms with Gasteiger partial charge in [-0.15, -0.1) is 0 Å². The van der Waals surface area contributed by atoms with Gasteiger partial charge in [0.2, 0.25) is 0 Å². The minimum atomic E-state index is -0.989. The molecule has 4 nitrogen and oxygen atoms in total. The third-order valence-electron chi connectivity index (χ3n) is 4.11. The Balaban J connectivity index is 2.09. The fraction of sp³-hybridized carbons (Fsp3) is 0. The van der Waals surface area contributed by atoms with Gasteiger partial charge in [0.25, 0.3) is 0 Å². The van der Waals surface area contributed by atoms with E-state index in [-0.39, 0.29) is 5.56 Å². The first kappa shape index (κ1) is 15.4. The van der Waals surface area contributed by atoms with Crippen molar-refractivity contribution >= 4 is 38.7 Å². The van der Waals surface area contributed by atoms with Crippen molar-refractivity contribution < 1.29 is 14.7 Å². The van der Waals surface area contributed by atoms with Gasteiger partial charge in [0.05, 0.1) is 22.6 Å². The molecule has 1 heterocycles. The zero-order valence-corrected chi connectivity index (χ0v) is 13.9. The largest absolute Gasteiger partial charge is 0.478 e. The number of benzene rings is 3. The van der Waals surface area contributed by atoms with Crippen molar-refractivity contribution in [1.29, 1.82) is 0 Å². The smallest absolute Gasteiger partial charge is 0.337 e. The molecule has 122 valence electrons. The Morgan fingerprint density at radius 3 is 1.80 bits per heavy atom. The van der Waals surface area contributed by atoms with Gasteiger partial charge in [0.1, 0.15) is 0 Å². The van der Waals surface area contributed by atoms with Gasteiger partial charge in [-0.05, 0) is 46.9 Å². The Labute approximate surface area is 146 Å².